The first-order valence-corrected chi connectivity index (χ1v) is 7.97. The smallest absolute Gasteiger partial charge is 0.0381 e. The maximum atomic E-state index is 4.09. The summed E-state index contributed by atoms with van der Waals surface area (Å²) in [5, 5.41) is 3.37. The van der Waals surface area contributed by atoms with Crippen molar-refractivity contribution in [2.75, 3.05) is 16.8 Å². The van der Waals surface area contributed by atoms with Crippen molar-refractivity contribution in [3.63, 3.8) is 0 Å². The van der Waals surface area contributed by atoms with E-state index in [0.29, 0.717) is 0 Å². The number of rotatable bonds is 9. The molecule has 0 unspecified atom stereocenters. The third-order valence-electron chi connectivity index (χ3n) is 2.78. The first-order chi connectivity index (χ1) is 8.72. The molecule has 0 saturated carbocycles. The van der Waals surface area contributed by atoms with Gasteiger partial charge >= 0.3 is 0 Å². The molecule has 18 heavy (non-hydrogen) atoms. The summed E-state index contributed by atoms with van der Waals surface area (Å²) in [6.07, 6.45) is 4.92. The normalized spacial score (nSPS) is 10.3. The van der Waals surface area contributed by atoms with Gasteiger partial charge in [-0.15, -0.1) is 0 Å². The fourth-order valence-corrected chi connectivity index (χ4v) is 2.68. The topological polar surface area (TPSA) is 12.0 Å². The van der Waals surface area contributed by atoms with Crippen LogP contribution < -0.4 is 5.32 Å². The van der Waals surface area contributed by atoms with E-state index in [9.17, 15) is 0 Å². The molecule has 1 aromatic carbocycles. The summed E-state index contributed by atoms with van der Waals surface area (Å²) in [5.41, 5.74) is 3.55. The molecule has 0 amide bonds. The molecule has 1 N–H and O–H groups in total. The van der Waals surface area contributed by atoms with Gasteiger partial charge in [0.05, 0.1) is 0 Å². The Morgan fingerprint density at radius 3 is 2.50 bits per heavy atom. The lowest BCUT2D eigenvalue weighted by Gasteiger charge is -2.09. The minimum absolute atomic E-state index is 1.06. The van der Waals surface area contributed by atoms with Crippen molar-refractivity contribution in [3.8, 4) is 0 Å². The summed E-state index contributed by atoms with van der Waals surface area (Å²) in [6.45, 7) is 8.43. The molecule has 2 heteroatoms. The highest BCUT2D eigenvalue weighted by molar-refractivity contribution is 7.99. The van der Waals surface area contributed by atoms with E-state index in [0.717, 1.165) is 17.8 Å². The van der Waals surface area contributed by atoms with E-state index in [4.69, 9.17) is 0 Å². The summed E-state index contributed by atoms with van der Waals surface area (Å²) >= 11 is 2.06. The SMILES string of the molecule is C=C(CCCSCCCC)Nc1ccc(C)cc1. The first kappa shape index (κ1) is 15.2. The summed E-state index contributed by atoms with van der Waals surface area (Å²) in [7, 11) is 0. The van der Waals surface area contributed by atoms with Gasteiger partial charge in [0.2, 0.25) is 0 Å². The number of hydrogen-bond donors (Lipinski definition) is 1. The number of allylic oxidation sites excluding steroid dienone is 1. The van der Waals surface area contributed by atoms with Gasteiger partial charge in [0.1, 0.15) is 0 Å². The second-order valence-electron chi connectivity index (χ2n) is 4.66. The van der Waals surface area contributed by atoms with Gasteiger partial charge in [-0.25, -0.2) is 0 Å². The highest BCUT2D eigenvalue weighted by atomic mass is 32.2. The minimum Gasteiger partial charge on any atom is -0.359 e. The monoisotopic (exact) mass is 263 g/mol. The molecular weight excluding hydrogens is 238 g/mol. The number of thioether (sulfide) groups is 1. The van der Waals surface area contributed by atoms with Crippen LogP contribution in [0.25, 0.3) is 0 Å². The Morgan fingerprint density at radius 2 is 1.83 bits per heavy atom. The quantitative estimate of drug-likeness (QED) is 0.612. The molecule has 0 bridgehead atoms. The molecule has 0 saturated heterocycles. The highest BCUT2D eigenvalue weighted by Gasteiger charge is 1.96. The Bertz CT molecular complexity index is 343. The van der Waals surface area contributed by atoms with Crippen LogP contribution in [0.2, 0.25) is 0 Å². The van der Waals surface area contributed by atoms with E-state index in [1.807, 2.05) is 0 Å². The van der Waals surface area contributed by atoms with Crippen LogP contribution in [0.15, 0.2) is 36.5 Å². The number of anilines is 1. The van der Waals surface area contributed by atoms with Crippen molar-refractivity contribution < 1.29 is 0 Å². The van der Waals surface area contributed by atoms with E-state index in [1.165, 1.54) is 36.3 Å². The Hall–Kier alpha value is -0.890. The largest absolute Gasteiger partial charge is 0.359 e. The molecule has 0 spiro atoms. The molecule has 1 aromatic rings. The van der Waals surface area contributed by atoms with Crippen LogP contribution in [0.3, 0.4) is 0 Å². The van der Waals surface area contributed by atoms with Crippen molar-refractivity contribution in [1.29, 1.82) is 0 Å². The predicted octanol–water partition coefficient (Wildman–Crippen LogP) is 5.23. The van der Waals surface area contributed by atoms with Crippen LogP contribution in [0.1, 0.15) is 38.2 Å². The van der Waals surface area contributed by atoms with Crippen LogP contribution >= 0.6 is 11.8 Å². The Kier molecular flexibility index (Phi) is 7.66. The molecule has 1 nitrogen and oxygen atoms in total. The number of unbranched alkanes of at least 4 members (excludes halogenated alkanes) is 1. The average molecular weight is 263 g/mol. The molecule has 0 aliphatic heterocycles. The standard InChI is InChI=1S/C16H25NS/c1-4-5-12-18-13-6-7-15(3)17-16-10-8-14(2)9-11-16/h8-11,17H,3-7,12-13H2,1-2H3. The Labute approximate surface area is 116 Å². The average Bonchev–Trinajstić information content (AvgIpc) is 2.36. The van der Waals surface area contributed by atoms with Crippen LogP contribution in [-0.4, -0.2) is 11.5 Å². The number of nitrogens with one attached hydrogen (secondary N) is 1. The van der Waals surface area contributed by atoms with Crippen LogP contribution in [0.4, 0.5) is 5.69 Å². The molecule has 100 valence electrons. The number of hydrogen-bond acceptors (Lipinski definition) is 2. The van der Waals surface area contributed by atoms with E-state index in [-0.39, 0.29) is 0 Å². The van der Waals surface area contributed by atoms with Crippen LogP contribution in [-0.2, 0) is 0 Å². The van der Waals surface area contributed by atoms with Gasteiger partial charge in [0.15, 0.2) is 0 Å². The molecule has 0 fully saturated rings. The predicted molar refractivity (Wildman–Crippen MR) is 85.4 cm³/mol. The second-order valence-corrected chi connectivity index (χ2v) is 5.89. The first-order valence-electron chi connectivity index (χ1n) is 6.81. The fraction of sp³-hybridized carbons (Fsp3) is 0.500. The third-order valence-corrected chi connectivity index (χ3v) is 3.94. The summed E-state index contributed by atoms with van der Waals surface area (Å²) in [6, 6.07) is 8.46. The maximum absolute atomic E-state index is 4.09. The van der Waals surface area contributed by atoms with Crippen LogP contribution in [0, 0.1) is 6.92 Å². The van der Waals surface area contributed by atoms with Crippen molar-refractivity contribution >= 4 is 17.4 Å². The summed E-state index contributed by atoms with van der Waals surface area (Å²) in [4.78, 5) is 0. The van der Waals surface area contributed by atoms with Crippen LogP contribution in [0.5, 0.6) is 0 Å². The Morgan fingerprint density at radius 1 is 1.17 bits per heavy atom. The summed E-state index contributed by atoms with van der Waals surface area (Å²) in [5.74, 6) is 2.54. The van der Waals surface area contributed by atoms with Gasteiger partial charge in [0, 0.05) is 11.4 Å². The maximum Gasteiger partial charge on any atom is 0.0381 e. The van der Waals surface area contributed by atoms with E-state index in [2.05, 4.69) is 61.8 Å². The van der Waals surface area contributed by atoms with Crippen molar-refractivity contribution in [1.82, 2.24) is 0 Å². The highest BCUT2D eigenvalue weighted by Crippen LogP contribution is 2.15. The van der Waals surface area contributed by atoms with Crippen molar-refractivity contribution in [3.05, 3.63) is 42.1 Å². The molecule has 0 radical (unpaired) electrons. The summed E-state index contributed by atoms with van der Waals surface area (Å²) < 4.78 is 0. The molecule has 0 aliphatic carbocycles. The minimum atomic E-state index is 1.06. The van der Waals surface area contributed by atoms with E-state index >= 15 is 0 Å². The van der Waals surface area contributed by atoms with Gasteiger partial charge in [-0.05, 0) is 49.8 Å². The fourth-order valence-electron chi connectivity index (χ4n) is 1.64. The van der Waals surface area contributed by atoms with Gasteiger partial charge < -0.3 is 5.32 Å². The molecule has 0 aromatic heterocycles. The molecule has 0 heterocycles. The zero-order valence-electron chi connectivity index (χ0n) is 11.7. The van der Waals surface area contributed by atoms with Gasteiger partial charge in [0.25, 0.3) is 0 Å². The number of benzene rings is 1. The lowest BCUT2D eigenvalue weighted by atomic mass is 10.2. The lowest BCUT2D eigenvalue weighted by molar-refractivity contribution is 0.888. The third kappa shape index (κ3) is 6.75. The van der Waals surface area contributed by atoms with E-state index < -0.39 is 0 Å². The van der Waals surface area contributed by atoms with Gasteiger partial charge in [-0.2, -0.15) is 11.8 Å². The molecule has 1 rings (SSSR count). The molecular formula is C16H25NS. The van der Waals surface area contributed by atoms with Crippen molar-refractivity contribution in [2.24, 2.45) is 0 Å². The van der Waals surface area contributed by atoms with Crippen molar-refractivity contribution in [2.45, 2.75) is 39.5 Å². The zero-order valence-corrected chi connectivity index (χ0v) is 12.5. The van der Waals surface area contributed by atoms with Gasteiger partial charge in [-0.1, -0.05) is 37.6 Å². The van der Waals surface area contributed by atoms with Gasteiger partial charge in [-0.3, -0.25) is 0 Å². The molecule has 0 atom stereocenters. The lowest BCUT2D eigenvalue weighted by Crippen LogP contribution is -1.98. The second kappa shape index (κ2) is 9.09. The Balaban J connectivity index is 2.12. The number of aryl methyl sites for hydroxylation is 1. The zero-order chi connectivity index (χ0) is 13.2. The van der Waals surface area contributed by atoms with E-state index in [1.54, 1.807) is 0 Å². The molecule has 0 aliphatic rings.